The van der Waals surface area contributed by atoms with E-state index in [-0.39, 0.29) is 22.3 Å². The van der Waals surface area contributed by atoms with Gasteiger partial charge >= 0.3 is 0 Å². The third kappa shape index (κ3) is 6.02. The van der Waals surface area contributed by atoms with Crippen LogP contribution < -0.4 is 10.0 Å². The molecule has 0 saturated heterocycles. The molecular formula is C27H32N2O3S. The molecule has 2 N–H and O–H groups in total. The monoisotopic (exact) mass is 464 g/mol. The van der Waals surface area contributed by atoms with Crippen LogP contribution in [0.25, 0.3) is 0 Å². The second kappa shape index (κ2) is 9.40. The summed E-state index contributed by atoms with van der Waals surface area (Å²) in [4.78, 5) is 13.1. The molecule has 0 spiro atoms. The highest BCUT2D eigenvalue weighted by Crippen LogP contribution is 2.25. The van der Waals surface area contributed by atoms with Gasteiger partial charge in [0.1, 0.15) is 0 Å². The smallest absolute Gasteiger partial charge is 0.261 e. The van der Waals surface area contributed by atoms with E-state index in [1.165, 1.54) is 5.56 Å². The Morgan fingerprint density at radius 3 is 2.06 bits per heavy atom. The summed E-state index contributed by atoms with van der Waals surface area (Å²) in [6, 6.07) is 19.7. The zero-order chi connectivity index (χ0) is 24.4. The average molecular weight is 465 g/mol. The molecule has 0 aromatic heterocycles. The van der Waals surface area contributed by atoms with Gasteiger partial charge in [-0.3, -0.25) is 9.52 Å². The fraction of sp³-hybridized carbons (Fsp3) is 0.296. The molecule has 3 aromatic carbocycles. The van der Waals surface area contributed by atoms with Crippen molar-refractivity contribution in [3.05, 3.63) is 94.5 Å². The van der Waals surface area contributed by atoms with Crippen LogP contribution in [0.1, 0.15) is 66.3 Å². The van der Waals surface area contributed by atoms with Crippen LogP contribution in [0.15, 0.2) is 71.6 Å². The fourth-order valence-corrected chi connectivity index (χ4v) is 4.55. The Morgan fingerprint density at radius 1 is 0.879 bits per heavy atom. The van der Waals surface area contributed by atoms with E-state index in [0.717, 1.165) is 16.7 Å². The van der Waals surface area contributed by atoms with Gasteiger partial charge in [0.05, 0.1) is 16.6 Å². The molecule has 0 heterocycles. The molecule has 0 aliphatic rings. The van der Waals surface area contributed by atoms with Crippen molar-refractivity contribution in [3.8, 4) is 0 Å². The molecule has 0 aliphatic carbocycles. The third-order valence-electron chi connectivity index (χ3n) is 5.70. The first-order valence-corrected chi connectivity index (χ1v) is 12.5. The lowest BCUT2D eigenvalue weighted by atomic mass is 9.86. The normalized spacial score (nSPS) is 12.8. The van der Waals surface area contributed by atoms with E-state index in [1.54, 1.807) is 49.4 Å². The largest absolute Gasteiger partial charge is 0.346 e. The second-order valence-electron chi connectivity index (χ2n) is 9.52. The van der Waals surface area contributed by atoms with Gasteiger partial charge in [-0.05, 0) is 67.1 Å². The Hall–Kier alpha value is -3.12. The molecule has 6 heteroatoms. The fourth-order valence-electron chi connectivity index (χ4n) is 3.43. The van der Waals surface area contributed by atoms with Crippen molar-refractivity contribution in [2.45, 2.75) is 57.9 Å². The molecule has 0 saturated carbocycles. The van der Waals surface area contributed by atoms with Crippen molar-refractivity contribution < 1.29 is 13.2 Å². The average Bonchev–Trinajstić information content (AvgIpc) is 2.75. The van der Waals surface area contributed by atoms with Crippen LogP contribution in [-0.4, -0.2) is 14.3 Å². The van der Waals surface area contributed by atoms with Crippen molar-refractivity contribution in [1.29, 1.82) is 0 Å². The molecule has 0 bridgehead atoms. The summed E-state index contributed by atoms with van der Waals surface area (Å²) in [6.45, 7) is 12.1. The van der Waals surface area contributed by atoms with E-state index in [0.29, 0.717) is 11.3 Å². The summed E-state index contributed by atoms with van der Waals surface area (Å²) in [6.07, 6.45) is 0. The third-order valence-corrected chi connectivity index (χ3v) is 7.08. The number of anilines is 1. The van der Waals surface area contributed by atoms with Crippen LogP contribution in [0.4, 0.5) is 5.69 Å². The maximum atomic E-state index is 12.9. The predicted octanol–water partition coefficient (Wildman–Crippen LogP) is 5.89. The Labute approximate surface area is 197 Å². The molecule has 0 unspecified atom stereocenters. The molecule has 3 rings (SSSR count). The summed E-state index contributed by atoms with van der Waals surface area (Å²) >= 11 is 0. The lowest BCUT2D eigenvalue weighted by Crippen LogP contribution is -2.27. The van der Waals surface area contributed by atoms with E-state index in [1.807, 2.05) is 26.0 Å². The lowest BCUT2D eigenvalue weighted by Gasteiger charge is -2.21. The van der Waals surface area contributed by atoms with Gasteiger partial charge in [0, 0.05) is 5.56 Å². The highest BCUT2D eigenvalue weighted by atomic mass is 32.2. The maximum absolute atomic E-state index is 12.9. The standard InChI is InChI=1S/C27H32N2O3S/c1-18-7-15-24(16-8-18)33(31,32)29-25-17-22(10-9-19(25)2)26(30)28-20(3)21-11-13-23(14-12-21)27(4,5)6/h7-17,20,29H,1-6H3,(H,28,30)/t20-/m1/s1. The summed E-state index contributed by atoms with van der Waals surface area (Å²) in [5.74, 6) is -0.266. The minimum Gasteiger partial charge on any atom is -0.346 e. The van der Waals surface area contributed by atoms with E-state index in [2.05, 4.69) is 42.9 Å². The highest BCUT2D eigenvalue weighted by molar-refractivity contribution is 7.92. The van der Waals surface area contributed by atoms with Crippen molar-refractivity contribution in [1.82, 2.24) is 5.32 Å². The first-order chi connectivity index (χ1) is 15.4. The number of hydrogen-bond donors (Lipinski definition) is 2. The second-order valence-corrected chi connectivity index (χ2v) is 11.2. The molecule has 0 radical (unpaired) electrons. The minimum atomic E-state index is -3.76. The maximum Gasteiger partial charge on any atom is 0.261 e. The molecule has 3 aromatic rings. The number of sulfonamides is 1. The first-order valence-electron chi connectivity index (χ1n) is 11.0. The molecule has 33 heavy (non-hydrogen) atoms. The van der Waals surface area contributed by atoms with E-state index in [4.69, 9.17) is 0 Å². The first kappa shape index (κ1) is 24.5. The van der Waals surface area contributed by atoms with Gasteiger partial charge in [-0.2, -0.15) is 0 Å². The molecule has 174 valence electrons. The Kier molecular flexibility index (Phi) is 6.98. The summed E-state index contributed by atoms with van der Waals surface area (Å²) in [5, 5.41) is 3.00. The van der Waals surface area contributed by atoms with Crippen molar-refractivity contribution in [3.63, 3.8) is 0 Å². The molecule has 1 amide bonds. The lowest BCUT2D eigenvalue weighted by molar-refractivity contribution is 0.0940. The summed E-state index contributed by atoms with van der Waals surface area (Å²) in [7, 11) is -3.76. The summed E-state index contributed by atoms with van der Waals surface area (Å²) < 4.78 is 28.2. The Morgan fingerprint density at radius 2 is 1.48 bits per heavy atom. The quantitative estimate of drug-likeness (QED) is 0.477. The molecule has 0 fully saturated rings. The van der Waals surface area contributed by atoms with Crippen molar-refractivity contribution in [2.75, 3.05) is 4.72 Å². The van der Waals surface area contributed by atoms with E-state index in [9.17, 15) is 13.2 Å². The van der Waals surface area contributed by atoms with Gasteiger partial charge in [0.15, 0.2) is 0 Å². The molecule has 5 nitrogen and oxygen atoms in total. The van der Waals surface area contributed by atoms with Gasteiger partial charge in [-0.1, -0.05) is 68.8 Å². The Balaban J connectivity index is 1.76. The van der Waals surface area contributed by atoms with Crippen LogP contribution in [0.5, 0.6) is 0 Å². The topological polar surface area (TPSA) is 75.3 Å². The van der Waals surface area contributed by atoms with Crippen LogP contribution in [0.3, 0.4) is 0 Å². The number of aryl methyl sites for hydroxylation is 2. The van der Waals surface area contributed by atoms with Gasteiger partial charge in [-0.15, -0.1) is 0 Å². The van der Waals surface area contributed by atoms with Gasteiger partial charge in [0.2, 0.25) is 0 Å². The number of carbonyl (C=O) groups excluding carboxylic acids is 1. The number of amides is 1. The molecular weight excluding hydrogens is 432 g/mol. The van der Waals surface area contributed by atoms with Crippen LogP contribution in [0, 0.1) is 13.8 Å². The summed E-state index contributed by atoms with van der Waals surface area (Å²) in [5.41, 5.74) is 4.78. The number of benzene rings is 3. The van der Waals surface area contributed by atoms with Crippen LogP contribution in [-0.2, 0) is 15.4 Å². The zero-order valence-electron chi connectivity index (χ0n) is 20.1. The minimum absolute atomic E-state index is 0.0647. The number of hydrogen-bond acceptors (Lipinski definition) is 3. The number of nitrogens with one attached hydrogen (secondary N) is 2. The predicted molar refractivity (Wildman–Crippen MR) is 134 cm³/mol. The zero-order valence-corrected chi connectivity index (χ0v) is 20.9. The number of carbonyl (C=O) groups is 1. The van der Waals surface area contributed by atoms with Gasteiger partial charge in [-0.25, -0.2) is 8.42 Å². The highest BCUT2D eigenvalue weighted by Gasteiger charge is 2.18. The number of rotatable bonds is 6. The van der Waals surface area contributed by atoms with Gasteiger partial charge in [0.25, 0.3) is 15.9 Å². The van der Waals surface area contributed by atoms with E-state index >= 15 is 0 Å². The van der Waals surface area contributed by atoms with Crippen LogP contribution >= 0.6 is 0 Å². The molecule has 0 aliphatic heterocycles. The van der Waals surface area contributed by atoms with E-state index < -0.39 is 10.0 Å². The van der Waals surface area contributed by atoms with Gasteiger partial charge < -0.3 is 5.32 Å². The molecule has 1 atom stereocenters. The van der Waals surface area contributed by atoms with Crippen LogP contribution in [0.2, 0.25) is 0 Å². The van der Waals surface area contributed by atoms with Crippen molar-refractivity contribution >= 4 is 21.6 Å². The van der Waals surface area contributed by atoms with Crippen molar-refractivity contribution in [2.24, 2.45) is 0 Å². The Bertz CT molecular complexity index is 1240. The SMILES string of the molecule is Cc1ccc(S(=O)(=O)Nc2cc(C(=O)N[C@H](C)c3ccc(C(C)(C)C)cc3)ccc2C)cc1.